The molecule has 10 nitrogen and oxygen atoms in total. The smallest absolute Gasteiger partial charge is 0.294 e. The molecule has 14 rings (SSSR count). The molecule has 0 amide bonds. The molecule has 4 N–H and O–H groups in total. The van der Waals surface area contributed by atoms with Crippen molar-refractivity contribution in [2.75, 3.05) is 0 Å². The lowest BCUT2D eigenvalue weighted by Crippen LogP contribution is -2.52. The van der Waals surface area contributed by atoms with Crippen molar-refractivity contribution in [1.82, 2.24) is 0 Å². The average Bonchev–Trinajstić information content (AvgIpc) is 3.22. The molecule has 5 aromatic rings. The van der Waals surface area contributed by atoms with E-state index in [1.165, 1.54) is 29.3 Å². The number of phenols is 1. The molecule has 5 heterocycles. The van der Waals surface area contributed by atoms with E-state index in [-0.39, 0.29) is 78.8 Å². The van der Waals surface area contributed by atoms with Crippen LogP contribution >= 0.6 is 0 Å². The van der Waals surface area contributed by atoms with Crippen LogP contribution in [-0.2, 0) is 59.1 Å². The highest BCUT2D eigenvalue weighted by Crippen LogP contribution is 2.56. The van der Waals surface area contributed by atoms with E-state index in [2.05, 4.69) is 50.2 Å². The molecule has 4 atom stereocenters. The number of phenolic OH excluding ortho intramolecular Hbond substituents is 1. The first-order valence-corrected chi connectivity index (χ1v) is 23.6. The molecule has 0 aromatic heterocycles. The summed E-state index contributed by atoms with van der Waals surface area (Å²) in [5.74, 6) is 0.554. The molecule has 5 aromatic carbocycles. The van der Waals surface area contributed by atoms with Gasteiger partial charge in [0.15, 0.2) is 0 Å². The second kappa shape index (κ2) is 15.6. The molecule has 12 heteroatoms. The first-order chi connectivity index (χ1) is 29.1. The number of allylic oxidation sites excluding steroid dienone is 1. The predicted molar refractivity (Wildman–Crippen MR) is 231 cm³/mol. The van der Waals surface area contributed by atoms with Crippen molar-refractivity contribution in [3.63, 3.8) is 0 Å². The fourth-order valence-corrected chi connectivity index (χ4v) is 11.3. The van der Waals surface area contributed by atoms with Gasteiger partial charge in [0.25, 0.3) is 20.2 Å². The third kappa shape index (κ3) is 7.80. The van der Waals surface area contributed by atoms with Gasteiger partial charge in [-0.15, -0.1) is 0 Å². The summed E-state index contributed by atoms with van der Waals surface area (Å²) in [4.78, 5) is -0.729. The quantitative estimate of drug-likeness (QED) is 0.129. The van der Waals surface area contributed by atoms with Gasteiger partial charge < -0.3 is 19.7 Å². The number of fused-ring (bicyclic) bond motifs is 1. The summed E-state index contributed by atoms with van der Waals surface area (Å²) in [6.45, 7) is 4.73. The maximum atomic E-state index is 13.1. The van der Waals surface area contributed by atoms with E-state index in [1.54, 1.807) is 6.07 Å². The molecule has 0 spiro atoms. The summed E-state index contributed by atoms with van der Waals surface area (Å²) in [5, 5.41) is 24.6. The maximum Gasteiger partial charge on any atom is 0.294 e. The summed E-state index contributed by atoms with van der Waals surface area (Å²) in [6.07, 6.45) is 3.43. The minimum absolute atomic E-state index is 0.00493. The van der Waals surface area contributed by atoms with Crippen molar-refractivity contribution in [3.05, 3.63) is 175 Å². The Morgan fingerprint density at radius 3 is 1.82 bits per heavy atom. The van der Waals surface area contributed by atoms with E-state index >= 15 is 0 Å². The molecule has 16 bridgehead atoms. The lowest BCUT2D eigenvalue weighted by Gasteiger charge is -2.50. The third-order valence-electron chi connectivity index (χ3n) is 13.2. The van der Waals surface area contributed by atoms with Crippen molar-refractivity contribution in [2.45, 2.75) is 94.3 Å². The van der Waals surface area contributed by atoms with Crippen LogP contribution in [0.4, 0.5) is 0 Å². The molecular formula is C49H48O10S2. The van der Waals surface area contributed by atoms with Crippen molar-refractivity contribution >= 4 is 20.2 Å². The monoisotopic (exact) mass is 860 g/mol. The number of aliphatic hydroxyl groups is 1. The second-order valence-corrected chi connectivity index (χ2v) is 19.9. The largest absolute Gasteiger partial charge is 0.507 e. The van der Waals surface area contributed by atoms with Crippen LogP contribution in [-0.4, -0.2) is 41.8 Å². The van der Waals surface area contributed by atoms with E-state index in [0.29, 0.717) is 39.5 Å². The Morgan fingerprint density at radius 1 is 0.689 bits per heavy atom. The highest BCUT2D eigenvalue weighted by Gasteiger charge is 2.54. The summed E-state index contributed by atoms with van der Waals surface area (Å²) in [7, 11) is -9.55. The zero-order chi connectivity index (χ0) is 42.8. The van der Waals surface area contributed by atoms with E-state index in [4.69, 9.17) is 9.47 Å². The Labute approximate surface area is 356 Å². The van der Waals surface area contributed by atoms with Gasteiger partial charge in [0.1, 0.15) is 30.5 Å². The normalized spacial score (nSPS) is 22.6. The summed E-state index contributed by atoms with van der Waals surface area (Å²) in [5.41, 5.74) is 6.27. The zero-order valence-electron chi connectivity index (χ0n) is 34.0. The van der Waals surface area contributed by atoms with Gasteiger partial charge in [-0.1, -0.05) is 105 Å². The molecule has 0 saturated carbocycles. The molecule has 0 fully saturated rings. The molecule has 61 heavy (non-hydrogen) atoms. The minimum Gasteiger partial charge on any atom is -0.507 e. The Hall–Kier alpha value is -5.24. The van der Waals surface area contributed by atoms with Gasteiger partial charge in [0.2, 0.25) is 0 Å². The van der Waals surface area contributed by atoms with Crippen LogP contribution in [0.5, 0.6) is 17.2 Å². The van der Waals surface area contributed by atoms with Crippen molar-refractivity contribution in [1.29, 1.82) is 0 Å². The number of benzene rings is 5. The minimum atomic E-state index is -4.79. The van der Waals surface area contributed by atoms with Gasteiger partial charge in [-0.05, 0) is 104 Å². The number of ether oxygens (including phenoxy) is 2. The highest BCUT2D eigenvalue weighted by molar-refractivity contribution is 7.90. The fraction of sp³-hybridized carbons (Fsp3) is 0.306. The lowest BCUT2D eigenvalue weighted by atomic mass is 9.59. The van der Waals surface area contributed by atoms with Crippen molar-refractivity contribution in [3.8, 4) is 17.2 Å². The molecular weight excluding hydrogens is 813 g/mol. The van der Waals surface area contributed by atoms with Gasteiger partial charge in [-0.25, -0.2) is 0 Å². The molecule has 5 aliphatic heterocycles. The van der Waals surface area contributed by atoms with Crippen molar-refractivity contribution in [2.24, 2.45) is 5.92 Å². The molecule has 4 unspecified atom stereocenters. The molecule has 0 radical (unpaired) electrons. The third-order valence-corrected chi connectivity index (χ3v) is 15.0. The number of para-hydroxylation sites is 2. The van der Waals surface area contributed by atoms with Crippen LogP contribution in [0.15, 0.2) is 124 Å². The molecule has 0 saturated heterocycles. The van der Waals surface area contributed by atoms with Crippen LogP contribution < -0.4 is 9.47 Å². The molecule has 316 valence electrons. The Morgan fingerprint density at radius 2 is 1.23 bits per heavy atom. The SMILES string of the molecule is CCC1CC(C)c2ccc(cc2)COc2c3cccc2CC2C=C(S(=O)(=O)O)C4=C(Cc5cc(S(=O)(=O)O)cc(c5OCc5ccc1cc5)Cc1cccc(c1O)C3)C2(O)C4. The molecule has 9 aliphatic rings. The summed E-state index contributed by atoms with van der Waals surface area (Å²) >= 11 is 0. The standard InChI is InChI=1S/C49H48O10S2/c1-3-32-18-29(2)33-14-10-30(11-15-33)27-58-47-37-8-5-9-38(47)21-41-25-45(61(55,56)57)43-26-49(41,51)44(43)24-40-23-42(60(52,53)54)22-39(20-36-7-4-6-35(19-37)46(36)50)48(40)59-28-31-12-16-34(32)17-13-31/h4-17,22-23,25,29,32,41,50-51H,3,18-21,24,26-28H2,1-2H3,(H,52,53,54)(H,55,56,57). The predicted octanol–water partition coefficient (Wildman–Crippen LogP) is 8.91. The van der Waals surface area contributed by atoms with Crippen LogP contribution in [0.1, 0.15) is 101 Å². The zero-order valence-corrected chi connectivity index (χ0v) is 35.6. The highest BCUT2D eigenvalue weighted by atomic mass is 32.2. The van der Waals surface area contributed by atoms with Crippen molar-refractivity contribution < 1.29 is 45.6 Å². The van der Waals surface area contributed by atoms with Crippen LogP contribution in [0.2, 0.25) is 0 Å². The Bertz CT molecular complexity index is 2840. The van der Waals surface area contributed by atoms with E-state index in [1.807, 2.05) is 42.5 Å². The van der Waals surface area contributed by atoms with Gasteiger partial charge in [-0.3, -0.25) is 9.11 Å². The van der Waals surface area contributed by atoms with Gasteiger partial charge >= 0.3 is 0 Å². The number of rotatable bonds is 3. The van der Waals surface area contributed by atoms with Crippen LogP contribution in [0, 0.1) is 5.92 Å². The van der Waals surface area contributed by atoms with E-state index < -0.39 is 36.7 Å². The summed E-state index contributed by atoms with van der Waals surface area (Å²) < 4.78 is 86.3. The van der Waals surface area contributed by atoms with Gasteiger partial charge in [0, 0.05) is 37.2 Å². The Balaban J connectivity index is 1.29. The lowest BCUT2D eigenvalue weighted by molar-refractivity contribution is 0.00722. The van der Waals surface area contributed by atoms with Gasteiger partial charge in [-0.2, -0.15) is 16.8 Å². The average molecular weight is 861 g/mol. The number of aromatic hydroxyl groups is 1. The van der Waals surface area contributed by atoms with Crippen LogP contribution in [0.3, 0.4) is 0 Å². The number of hydrogen-bond donors (Lipinski definition) is 4. The van der Waals surface area contributed by atoms with Gasteiger partial charge in [0.05, 0.1) is 15.4 Å². The Kier molecular flexibility index (Phi) is 10.5. The maximum absolute atomic E-state index is 13.1. The first kappa shape index (κ1) is 41.1. The molecule has 4 aliphatic carbocycles. The van der Waals surface area contributed by atoms with Crippen LogP contribution in [0.25, 0.3) is 0 Å². The number of hydrogen-bond acceptors (Lipinski definition) is 8. The fourth-order valence-electron chi connectivity index (χ4n) is 9.83. The first-order valence-electron chi connectivity index (χ1n) is 20.7. The summed E-state index contributed by atoms with van der Waals surface area (Å²) in [6, 6.07) is 30.3. The topological polar surface area (TPSA) is 168 Å². The second-order valence-electron chi connectivity index (χ2n) is 17.1. The van der Waals surface area contributed by atoms with E-state index in [0.717, 1.165) is 29.5 Å². The van der Waals surface area contributed by atoms with E-state index in [9.17, 15) is 36.2 Å².